The summed E-state index contributed by atoms with van der Waals surface area (Å²) >= 11 is 0. The molecule has 0 radical (unpaired) electrons. The highest BCUT2D eigenvalue weighted by Crippen LogP contribution is 2.30. The molecule has 1 aliphatic rings. The number of amides is 2. The van der Waals surface area contributed by atoms with E-state index in [9.17, 15) is 14.4 Å². The topological polar surface area (TPSA) is 93.1 Å². The molecular formula is C21H20N4O3. The van der Waals surface area contributed by atoms with Crippen molar-refractivity contribution in [3.8, 4) is 0 Å². The fourth-order valence-corrected chi connectivity index (χ4v) is 2.98. The number of nitrogens with zero attached hydrogens (tertiary/aromatic N) is 2. The van der Waals surface area contributed by atoms with E-state index in [2.05, 4.69) is 15.7 Å². The van der Waals surface area contributed by atoms with E-state index in [1.807, 2.05) is 36.4 Å². The fraction of sp³-hybridized carbons (Fsp3) is 0.238. The van der Waals surface area contributed by atoms with Gasteiger partial charge in [0.1, 0.15) is 6.54 Å². The highest BCUT2D eigenvalue weighted by Gasteiger charge is 2.29. The molecule has 1 heterocycles. The third-order valence-corrected chi connectivity index (χ3v) is 4.69. The van der Waals surface area contributed by atoms with Crippen LogP contribution in [0.25, 0.3) is 10.8 Å². The summed E-state index contributed by atoms with van der Waals surface area (Å²) in [4.78, 5) is 36.5. The summed E-state index contributed by atoms with van der Waals surface area (Å²) in [7, 11) is 0. The predicted molar refractivity (Wildman–Crippen MR) is 106 cm³/mol. The van der Waals surface area contributed by atoms with Gasteiger partial charge >= 0.3 is 0 Å². The standard InChI is InChI=1S/C21H20N4O3/c26-19(13-25-21(28)18-7-2-1-5-16(18)12-23-25)22-11-14-4-3-6-17(10-14)24-20(27)15-8-9-15/h1-7,10,12,15H,8-9,11,13H2,(H,22,26)(H,24,27). The van der Waals surface area contributed by atoms with Crippen molar-refractivity contribution in [2.75, 3.05) is 5.32 Å². The summed E-state index contributed by atoms with van der Waals surface area (Å²) in [5, 5.41) is 11.0. The van der Waals surface area contributed by atoms with Crippen LogP contribution in [0, 0.1) is 5.92 Å². The Kier molecular flexibility index (Phi) is 4.89. The molecule has 2 amide bonds. The number of rotatable bonds is 6. The van der Waals surface area contributed by atoms with Crippen molar-refractivity contribution in [2.24, 2.45) is 5.92 Å². The molecule has 28 heavy (non-hydrogen) atoms. The number of carbonyl (C=O) groups excluding carboxylic acids is 2. The van der Waals surface area contributed by atoms with E-state index in [1.54, 1.807) is 18.3 Å². The number of nitrogens with one attached hydrogen (secondary N) is 2. The normalized spacial score (nSPS) is 13.3. The van der Waals surface area contributed by atoms with Gasteiger partial charge in [-0.15, -0.1) is 0 Å². The average Bonchev–Trinajstić information content (AvgIpc) is 3.55. The molecule has 4 rings (SSSR count). The van der Waals surface area contributed by atoms with Crippen molar-refractivity contribution >= 4 is 28.3 Å². The summed E-state index contributed by atoms with van der Waals surface area (Å²) in [5.41, 5.74) is 1.29. The number of carbonyl (C=O) groups is 2. The van der Waals surface area contributed by atoms with Crippen LogP contribution in [0.4, 0.5) is 5.69 Å². The van der Waals surface area contributed by atoms with Crippen molar-refractivity contribution in [1.29, 1.82) is 0 Å². The van der Waals surface area contributed by atoms with Crippen LogP contribution in [0.3, 0.4) is 0 Å². The monoisotopic (exact) mass is 376 g/mol. The Balaban J connectivity index is 1.37. The molecule has 0 spiro atoms. The first kappa shape index (κ1) is 17.9. The molecule has 7 nitrogen and oxygen atoms in total. The van der Waals surface area contributed by atoms with Crippen LogP contribution in [-0.2, 0) is 22.7 Å². The Morgan fingerprint density at radius 2 is 1.93 bits per heavy atom. The van der Waals surface area contributed by atoms with E-state index in [0.29, 0.717) is 11.9 Å². The Labute approximate surface area is 161 Å². The molecule has 7 heteroatoms. The second-order valence-corrected chi connectivity index (χ2v) is 6.94. The van der Waals surface area contributed by atoms with Crippen molar-refractivity contribution in [3.63, 3.8) is 0 Å². The maximum Gasteiger partial charge on any atom is 0.275 e. The fourth-order valence-electron chi connectivity index (χ4n) is 2.98. The minimum atomic E-state index is -0.308. The van der Waals surface area contributed by atoms with Gasteiger partial charge in [0.05, 0.1) is 11.6 Å². The lowest BCUT2D eigenvalue weighted by atomic mass is 10.2. The van der Waals surface area contributed by atoms with Crippen LogP contribution in [-0.4, -0.2) is 21.6 Å². The quantitative estimate of drug-likeness (QED) is 0.689. The maximum atomic E-state index is 12.4. The van der Waals surface area contributed by atoms with Crippen molar-refractivity contribution in [3.05, 3.63) is 70.6 Å². The molecule has 1 aliphatic carbocycles. The number of anilines is 1. The largest absolute Gasteiger partial charge is 0.350 e. The van der Waals surface area contributed by atoms with Crippen LogP contribution in [0.2, 0.25) is 0 Å². The third-order valence-electron chi connectivity index (χ3n) is 4.69. The zero-order valence-electron chi connectivity index (χ0n) is 15.2. The van der Waals surface area contributed by atoms with Crippen LogP contribution >= 0.6 is 0 Å². The molecule has 2 aromatic carbocycles. The van der Waals surface area contributed by atoms with Gasteiger partial charge in [0.25, 0.3) is 5.56 Å². The highest BCUT2D eigenvalue weighted by molar-refractivity contribution is 5.94. The van der Waals surface area contributed by atoms with Crippen LogP contribution < -0.4 is 16.2 Å². The highest BCUT2D eigenvalue weighted by atomic mass is 16.2. The lowest BCUT2D eigenvalue weighted by Gasteiger charge is -2.09. The molecule has 142 valence electrons. The first-order valence-corrected chi connectivity index (χ1v) is 9.21. The van der Waals surface area contributed by atoms with Gasteiger partial charge in [0.15, 0.2) is 0 Å². The van der Waals surface area contributed by atoms with E-state index in [0.717, 1.165) is 34.2 Å². The van der Waals surface area contributed by atoms with Gasteiger partial charge < -0.3 is 10.6 Å². The third kappa shape index (κ3) is 4.09. The van der Waals surface area contributed by atoms with E-state index in [1.165, 1.54) is 0 Å². The van der Waals surface area contributed by atoms with Crippen molar-refractivity contribution in [1.82, 2.24) is 15.1 Å². The predicted octanol–water partition coefficient (Wildman–Crippen LogP) is 2.06. The van der Waals surface area contributed by atoms with Gasteiger partial charge in [-0.1, -0.05) is 30.3 Å². The molecule has 0 atom stereocenters. The zero-order valence-corrected chi connectivity index (χ0v) is 15.2. The Morgan fingerprint density at radius 1 is 1.11 bits per heavy atom. The molecule has 0 saturated heterocycles. The lowest BCUT2D eigenvalue weighted by Crippen LogP contribution is -2.33. The van der Waals surface area contributed by atoms with Crippen LogP contribution in [0.5, 0.6) is 0 Å². The van der Waals surface area contributed by atoms with E-state index >= 15 is 0 Å². The maximum absolute atomic E-state index is 12.4. The molecule has 2 N–H and O–H groups in total. The molecule has 1 fully saturated rings. The van der Waals surface area contributed by atoms with Crippen molar-refractivity contribution < 1.29 is 9.59 Å². The van der Waals surface area contributed by atoms with Gasteiger partial charge in [0.2, 0.25) is 11.8 Å². The first-order chi connectivity index (χ1) is 13.6. The van der Waals surface area contributed by atoms with Gasteiger partial charge in [0, 0.05) is 23.5 Å². The average molecular weight is 376 g/mol. The molecule has 3 aromatic rings. The van der Waals surface area contributed by atoms with Crippen molar-refractivity contribution in [2.45, 2.75) is 25.9 Å². The van der Waals surface area contributed by atoms with Gasteiger partial charge in [-0.05, 0) is 36.6 Å². The van der Waals surface area contributed by atoms with E-state index in [4.69, 9.17) is 0 Å². The summed E-state index contributed by atoms with van der Waals surface area (Å²) in [6.07, 6.45) is 3.48. The van der Waals surface area contributed by atoms with Gasteiger partial charge in [-0.2, -0.15) is 5.10 Å². The summed E-state index contributed by atoms with van der Waals surface area (Å²) in [6.45, 7) is 0.149. The number of aromatic nitrogens is 2. The molecule has 0 unspecified atom stereocenters. The Hall–Kier alpha value is -3.48. The van der Waals surface area contributed by atoms with E-state index < -0.39 is 0 Å². The minimum absolute atomic E-state index is 0.0444. The molecule has 0 aliphatic heterocycles. The molecular weight excluding hydrogens is 356 g/mol. The summed E-state index contributed by atoms with van der Waals surface area (Å²) in [6, 6.07) is 14.5. The zero-order chi connectivity index (χ0) is 19.5. The second kappa shape index (κ2) is 7.64. The summed E-state index contributed by atoms with van der Waals surface area (Å²) < 4.78 is 1.16. The second-order valence-electron chi connectivity index (χ2n) is 6.94. The Bertz CT molecular complexity index is 1100. The minimum Gasteiger partial charge on any atom is -0.350 e. The van der Waals surface area contributed by atoms with Gasteiger partial charge in [-0.3, -0.25) is 14.4 Å². The molecule has 1 saturated carbocycles. The SMILES string of the molecule is O=C(Cn1ncc2ccccc2c1=O)NCc1cccc(NC(=O)C2CC2)c1. The number of hydrogen-bond donors (Lipinski definition) is 2. The molecule has 0 bridgehead atoms. The van der Waals surface area contributed by atoms with E-state index in [-0.39, 0.29) is 29.8 Å². The smallest absolute Gasteiger partial charge is 0.275 e. The Morgan fingerprint density at radius 3 is 2.75 bits per heavy atom. The molecule has 1 aromatic heterocycles. The first-order valence-electron chi connectivity index (χ1n) is 9.21. The summed E-state index contributed by atoms with van der Waals surface area (Å²) in [5.74, 6) is -0.128. The van der Waals surface area contributed by atoms with Gasteiger partial charge in [-0.25, -0.2) is 4.68 Å². The van der Waals surface area contributed by atoms with Crippen LogP contribution in [0.15, 0.2) is 59.5 Å². The number of fused-ring (bicyclic) bond motifs is 1. The number of hydrogen-bond acceptors (Lipinski definition) is 4. The lowest BCUT2D eigenvalue weighted by molar-refractivity contribution is -0.122. The van der Waals surface area contributed by atoms with Crippen LogP contribution in [0.1, 0.15) is 18.4 Å². The number of benzene rings is 2.